The van der Waals surface area contributed by atoms with Crippen LogP contribution >= 0.6 is 11.6 Å². The number of rotatable bonds is 10. The van der Waals surface area contributed by atoms with Crippen molar-refractivity contribution in [2.75, 3.05) is 91.8 Å². The molecular weight excluding hydrogens is 650 g/mol. The Kier molecular flexibility index (Phi) is 10.1. The molecule has 13 nitrogen and oxygen atoms in total. The van der Waals surface area contributed by atoms with Gasteiger partial charge in [0.2, 0.25) is 16.0 Å². The molecule has 0 amide bonds. The summed E-state index contributed by atoms with van der Waals surface area (Å²) in [7, 11) is 2.64. The van der Waals surface area contributed by atoms with Crippen LogP contribution in [-0.4, -0.2) is 111 Å². The van der Waals surface area contributed by atoms with Crippen LogP contribution in [0.5, 0.6) is 0 Å². The first kappa shape index (κ1) is 33.9. The molecule has 2 saturated heterocycles. The lowest BCUT2D eigenvalue weighted by Crippen LogP contribution is -2.52. The number of likely N-dealkylation sites (N-methyl/N-ethyl adjacent to an activating group) is 1. The zero-order valence-electron chi connectivity index (χ0n) is 28.2. The predicted octanol–water partition coefficient (Wildman–Crippen LogP) is 4.78. The lowest BCUT2D eigenvalue weighted by atomic mass is 9.99. The summed E-state index contributed by atoms with van der Waals surface area (Å²) in [6, 6.07) is 8.57. The number of nitrogens with zero attached hydrogens (tertiary/aromatic N) is 8. The van der Waals surface area contributed by atoms with E-state index in [1.165, 1.54) is 36.5 Å². The minimum atomic E-state index is -3.63. The van der Waals surface area contributed by atoms with E-state index >= 15 is 0 Å². The maximum absolute atomic E-state index is 12.3. The first-order valence-electron chi connectivity index (χ1n) is 16.3. The predicted molar refractivity (Wildman–Crippen MR) is 196 cm³/mol. The number of benzene rings is 2. The van der Waals surface area contributed by atoms with Gasteiger partial charge in [-0.3, -0.25) is 19.6 Å². The van der Waals surface area contributed by atoms with Gasteiger partial charge in [0.1, 0.15) is 10.5 Å². The summed E-state index contributed by atoms with van der Waals surface area (Å²) in [5.74, 6) is 0.641. The van der Waals surface area contributed by atoms with Crippen molar-refractivity contribution in [1.82, 2.24) is 29.7 Å². The third-order valence-corrected chi connectivity index (χ3v) is 9.94. The molecule has 2 aliphatic heterocycles. The van der Waals surface area contributed by atoms with Crippen LogP contribution in [0.15, 0.2) is 42.9 Å². The van der Waals surface area contributed by atoms with Crippen molar-refractivity contribution in [3.63, 3.8) is 0 Å². The Morgan fingerprint density at radius 2 is 1.69 bits per heavy atom. The molecule has 256 valence electrons. The van der Waals surface area contributed by atoms with Gasteiger partial charge in [0.15, 0.2) is 5.82 Å². The second-order valence-electron chi connectivity index (χ2n) is 12.7. The van der Waals surface area contributed by atoms with Gasteiger partial charge in [0, 0.05) is 77.5 Å². The van der Waals surface area contributed by atoms with E-state index in [9.17, 15) is 8.42 Å². The topological polar surface area (TPSA) is 135 Å². The van der Waals surface area contributed by atoms with Gasteiger partial charge in [-0.2, -0.15) is 4.98 Å². The Morgan fingerprint density at radius 1 is 0.958 bits per heavy atom. The van der Waals surface area contributed by atoms with Gasteiger partial charge in [-0.05, 0) is 56.1 Å². The SMILES string of the molecule is CCc1cc(Nc2ncc(Cl)c(Nc3ccc4nccnc4c3NS(C)(=O)=O)n2)c(N(C)C)cc1N1CCC(N2CCN(C)CC2)CC1. The third kappa shape index (κ3) is 7.67. The molecule has 4 heterocycles. The van der Waals surface area contributed by atoms with E-state index in [0.29, 0.717) is 34.5 Å². The summed E-state index contributed by atoms with van der Waals surface area (Å²) in [6.07, 6.45) is 8.88. The monoisotopic (exact) mass is 693 g/mol. The Labute approximate surface area is 287 Å². The zero-order chi connectivity index (χ0) is 34.0. The highest BCUT2D eigenvalue weighted by atomic mass is 35.5. The first-order chi connectivity index (χ1) is 23.0. The van der Waals surface area contributed by atoms with Crippen LogP contribution in [-0.2, 0) is 16.4 Å². The molecule has 0 radical (unpaired) electrons. The number of sulfonamides is 1. The van der Waals surface area contributed by atoms with Crippen molar-refractivity contribution >= 4 is 72.9 Å². The maximum atomic E-state index is 12.3. The summed E-state index contributed by atoms with van der Waals surface area (Å²) in [5, 5.41) is 6.87. The second-order valence-corrected chi connectivity index (χ2v) is 14.9. The minimum absolute atomic E-state index is 0.248. The molecule has 48 heavy (non-hydrogen) atoms. The summed E-state index contributed by atoms with van der Waals surface area (Å²) < 4.78 is 27.1. The molecule has 2 aliphatic rings. The summed E-state index contributed by atoms with van der Waals surface area (Å²) in [5.41, 5.74) is 6.01. The van der Waals surface area contributed by atoms with E-state index in [1.807, 2.05) is 14.1 Å². The normalized spacial score (nSPS) is 16.7. The van der Waals surface area contributed by atoms with Gasteiger partial charge < -0.3 is 25.3 Å². The molecule has 6 rings (SSSR count). The molecule has 2 fully saturated rings. The number of halogens is 1. The molecule has 3 N–H and O–H groups in total. The number of anilines is 7. The van der Waals surface area contributed by atoms with Crippen molar-refractivity contribution in [2.24, 2.45) is 0 Å². The first-order valence-corrected chi connectivity index (χ1v) is 18.6. The fourth-order valence-electron chi connectivity index (χ4n) is 6.52. The third-order valence-electron chi connectivity index (χ3n) is 9.09. The van der Waals surface area contributed by atoms with Crippen molar-refractivity contribution in [1.29, 1.82) is 0 Å². The number of piperidine rings is 1. The fourth-order valence-corrected chi connectivity index (χ4v) is 7.24. The molecule has 0 atom stereocenters. The van der Waals surface area contributed by atoms with Crippen LogP contribution in [0.3, 0.4) is 0 Å². The van der Waals surface area contributed by atoms with E-state index in [1.54, 1.807) is 18.3 Å². The lowest BCUT2D eigenvalue weighted by Gasteiger charge is -2.43. The Hall–Kier alpha value is -3.98. The molecule has 0 spiro atoms. The second kappa shape index (κ2) is 14.2. The van der Waals surface area contributed by atoms with E-state index in [4.69, 9.17) is 16.6 Å². The van der Waals surface area contributed by atoms with E-state index in [2.05, 4.69) is 76.0 Å². The van der Waals surface area contributed by atoms with Crippen LogP contribution in [0, 0.1) is 0 Å². The molecular formula is C33H44ClN11O2S. The van der Waals surface area contributed by atoms with E-state index in [-0.39, 0.29) is 10.7 Å². The molecule has 2 aromatic carbocycles. The number of nitrogens with one attached hydrogen (secondary N) is 3. The smallest absolute Gasteiger partial charge is 0.229 e. The largest absolute Gasteiger partial charge is 0.376 e. The van der Waals surface area contributed by atoms with Gasteiger partial charge >= 0.3 is 0 Å². The Balaban J connectivity index is 1.25. The summed E-state index contributed by atoms with van der Waals surface area (Å²) >= 11 is 6.55. The standard InChI is InChI=1S/C33H44ClN11O2S/c1-6-22-19-27(29(42(2)3)20-28(22)45-13-9-23(10-14-45)44-17-15-43(4)16-18-44)39-33-37-21-24(34)32(40-33)38-26-8-7-25-30(36-12-11-35-25)31(26)41-48(5,46)47/h7-8,11-12,19-21,23,41H,6,9-10,13-18H2,1-5H3,(H2,37,38,39,40). The van der Waals surface area contributed by atoms with Gasteiger partial charge in [-0.25, -0.2) is 13.4 Å². The van der Waals surface area contributed by atoms with Gasteiger partial charge in [-0.1, -0.05) is 18.5 Å². The Morgan fingerprint density at radius 3 is 2.38 bits per heavy atom. The van der Waals surface area contributed by atoms with Crippen molar-refractivity contribution in [3.8, 4) is 0 Å². The highest BCUT2D eigenvalue weighted by molar-refractivity contribution is 7.92. The number of aromatic nitrogens is 4. The minimum Gasteiger partial charge on any atom is -0.376 e. The maximum Gasteiger partial charge on any atom is 0.229 e. The summed E-state index contributed by atoms with van der Waals surface area (Å²) in [4.78, 5) is 27.5. The highest BCUT2D eigenvalue weighted by Gasteiger charge is 2.28. The molecule has 0 bridgehead atoms. The number of piperazine rings is 1. The number of aryl methyl sites for hydroxylation is 1. The van der Waals surface area contributed by atoms with Crippen LogP contribution in [0.25, 0.3) is 11.0 Å². The lowest BCUT2D eigenvalue weighted by molar-refractivity contribution is 0.0982. The van der Waals surface area contributed by atoms with Crippen molar-refractivity contribution in [3.05, 3.63) is 53.4 Å². The van der Waals surface area contributed by atoms with Crippen LogP contribution in [0.4, 0.5) is 40.2 Å². The highest BCUT2D eigenvalue weighted by Crippen LogP contribution is 2.38. The van der Waals surface area contributed by atoms with Crippen LogP contribution in [0.2, 0.25) is 5.02 Å². The molecule has 15 heteroatoms. The fraction of sp³-hybridized carbons (Fsp3) is 0.455. The average Bonchev–Trinajstić information content (AvgIpc) is 3.07. The number of fused-ring (bicyclic) bond motifs is 1. The summed E-state index contributed by atoms with van der Waals surface area (Å²) in [6.45, 7) is 8.88. The van der Waals surface area contributed by atoms with E-state index in [0.717, 1.165) is 63.3 Å². The number of hydrogen-bond donors (Lipinski definition) is 3. The van der Waals surface area contributed by atoms with Gasteiger partial charge in [0.05, 0.1) is 40.7 Å². The Bertz CT molecular complexity index is 1880. The molecule has 0 saturated carbocycles. The van der Waals surface area contributed by atoms with Crippen molar-refractivity contribution in [2.45, 2.75) is 32.2 Å². The van der Waals surface area contributed by atoms with Crippen molar-refractivity contribution < 1.29 is 8.42 Å². The van der Waals surface area contributed by atoms with Crippen LogP contribution < -0.4 is 25.2 Å². The van der Waals surface area contributed by atoms with Gasteiger partial charge in [0.25, 0.3) is 0 Å². The molecule has 4 aromatic rings. The average molecular weight is 694 g/mol. The molecule has 2 aromatic heterocycles. The zero-order valence-corrected chi connectivity index (χ0v) is 29.7. The molecule has 0 unspecified atom stereocenters. The van der Waals surface area contributed by atoms with Gasteiger partial charge in [-0.15, -0.1) is 0 Å². The molecule has 0 aliphatic carbocycles. The van der Waals surface area contributed by atoms with E-state index < -0.39 is 10.0 Å². The number of hydrogen-bond acceptors (Lipinski definition) is 12. The van der Waals surface area contributed by atoms with Crippen LogP contribution in [0.1, 0.15) is 25.3 Å². The quantitative estimate of drug-likeness (QED) is 0.211.